The van der Waals surface area contributed by atoms with Crippen LogP contribution in [0.5, 0.6) is 5.75 Å². The standard InChI is InChI=1S/C20H22BrNO/c21-18-6-1-13(2-7-18)12-22-20-15-3-4-16(20)10-17-11-19(23)8-5-14(17)9-15/h1-2,5-8,11,15-16,20,22-23H,3-4,9-10,12H2. The molecule has 2 bridgehead atoms. The molecule has 2 nitrogen and oxygen atoms in total. The van der Waals surface area contributed by atoms with Crippen LogP contribution in [0.15, 0.2) is 46.9 Å². The van der Waals surface area contributed by atoms with E-state index in [4.69, 9.17) is 0 Å². The fourth-order valence-electron chi connectivity index (χ4n) is 4.37. The Hall–Kier alpha value is -1.32. The molecule has 0 radical (unpaired) electrons. The molecule has 0 spiro atoms. The van der Waals surface area contributed by atoms with Crippen LogP contribution in [0.1, 0.15) is 29.5 Å². The molecule has 3 heteroatoms. The summed E-state index contributed by atoms with van der Waals surface area (Å²) in [7, 11) is 0. The number of hydrogen-bond donors (Lipinski definition) is 2. The minimum Gasteiger partial charge on any atom is -0.508 e. The van der Waals surface area contributed by atoms with Gasteiger partial charge in [-0.05, 0) is 78.5 Å². The van der Waals surface area contributed by atoms with E-state index in [9.17, 15) is 5.11 Å². The van der Waals surface area contributed by atoms with Gasteiger partial charge in [-0.25, -0.2) is 0 Å². The minimum atomic E-state index is 0.404. The highest BCUT2D eigenvalue weighted by atomic mass is 79.9. The molecule has 23 heavy (non-hydrogen) atoms. The lowest BCUT2D eigenvalue weighted by Crippen LogP contribution is -2.37. The second kappa shape index (κ2) is 6.29. The van der Waals surface area contributed by atoms with Crippen molar-refractivity contribution in [1.82, 2.24) is 5.32 Å². The zero-order valence-electron chi connectivity index (χ0n) is 13.1. The van der Waals surface area contributed by atoms with Crippen molar-refractivity contribution in [3.63, 3.8) is 0 Å². The molecule has 0 aromatic heterocycles. The largest absolute Gasteiger partial charge is 0.508 e. The van der Waals surface area contributed by atoms with E-state index in [1.54, 1.807) is 0 Å². The normalized spacial score (nSPS) is 25.9. The van der Waals surface area contributed by atoms with Crippen molar-refractivity contribution in [2.75, 3.05) is 0 Å². The number of aromatic hydroxyl groups is 1. The fraction of sp³-hybridized carbons (Fsp3) is 0.400. The maximum absolute atomic E-state index is 9.77. The Morgan fingerprint density at radius 3 is 2.39 bits per heavy atom. The molecule has 3 atom stereocenters. The first-order valence-electron chi connectivity index (χ1n) is 8.47. The van der Waals surface area contributed by atoms with Gasteiger partial charge in [-0.15, -0.1) is 0 Å². The number of hydrogen-bond acceptors (Lipinski definition) is 2. The third-order valence-electron chi connectivity index (χ3n) is 5.53. The molecule has 1 fully saturated rings. The number of rotatable bonds is 3. The number of fused-ring (bicyclic) bond motifs is 3. The molecular formula is C20H22BrNO. The predicted molar refractivity (Wildman–Crippen MR) is 96.5 cm³/mol. The summed E-state index contributed by atoms with van der Waals surface area (Å²) in [6, 6.07) is 15.1. The highest BCUT2D eigenvalue weighted by Gasteiger charge is 2.38. The highest BCUT2D eigenvalue weighted by molar-refractivity contribution is 9.10. The van der Waals surface area contributed by atoms with Gasteiger partial charge in [0.05, 0.1) is 0 Å². The van der Waals surface area contributed by atoms with Crippen molar-refractivity contribution < 1.29 is 5.11 Å². The molecule has 2 aliphatic carbocycles. The fourth-order valence-corrected chi connectivity index (χ4v) is 4.63. The molecule has 0 saturated heterocycles. The lowest BCUT2D eigenvalue weighted by Gasteiger charge is -2.24. The maximum atomic E-state index is 9.77. The van der Waals surface area contributed by atoms with E-state index in [0.29, 0.717) is 17.7 Å². The first-order valence-corrected chi connectivity index (χ1v) is 9.27. The molecule has 2 aromatic carbocycles. The third kappa shape index (κ3) is 3.17. The third-order valence-corrected chi connectivity index (χ3v) is 6.06. The van der Waals surface area contributed by atoms with E-state index < -0.39 is 0 Å². The molecule has 0 amide bonds. The number of nitrogens with one attached hydrogen (secondary N) is 1. The Bertz CT molecular complexity index is 697. The van der Waals surface area contributed by atoms with Crippen LogP contribution in [0.4, 0.5) is 0 Å². The molecule has 0 heterocycles. The van der Waals surface area contributed by atoms with Gasteiger partial charge < -0.3 is 10.4 Å². The summed E-state index contributed by atoms with van der Waals surface area (Å²) < 4.78 is 1.13. The summed E-state index contributed by atoms with van der Waals surface area (Å²) in [5.74, 6) is 1.82. The molecule has 2 aromatic rings. The quantitative estimate of drug-likeness (QED) is 0.835. The zero-order valence-corrected chi connectivity index (χ0v) is 14.7. The molecule has 1 saturated carbocycles. The van der Waals surface area contributed by atoms with Gasteiger partial charge in [0, 0.05) is 17.1 Å². The summed E-state index contributed by atoms with van der Waals surface area (Å²) in [6.07, 6.45) is 4.86. The average molecular weight is 372 g/mol. The van der Waals surface area contributed by atoms with Crippen molar-refractivity contribution in [2.45, 2.75) is 38.3 Å². The number of benzene rings is 2. The SMILES string of the molecule is Oc1ccc2c(c1)CC1CCC(C2)C1NCc1ccc(Br)cc1. The molecule has 4 rings (SSSR count). The van der Waals surface area contributed by atoms with Crippen molar-refractivity contribution >= 4 is 15.9 Å². The monoisotopic (exact) mass is 371 g/mol. The van der Waals surface area contributed by atoms with Crippen LogP contribution in [0.3, 0.4) is 0 Å². The van der Waals surface area contributed by atoms with E-state index in [1.165, 1.54) is 29.5 Å². The van der Waals surface area contributed by atoms with Crippen LogP contribution >= 0.6 is 15.9 Å². The van der Waals surface area contributed by atoms with Crippen LogP contribution in [-0.4, -0.2) is 11.1 Å². The highest BCUT2D eigenvalue weighted by Crippen LogP contribution is 2.40. The van der Waals surface area contributed by atoms with Crippen molar-refractivity contribution in [2.24, 2.45) is 11.8 Å². The van der Waals surface area contributed by atoms with Crippen LogP contribution in [0, 0.1) is 11.8 Å². The number of halogens is 1. The second-order valence-corrected chi connectivity index (χ2v) is 7.91. The first kappa shape index (κ1) is 15.2. The van der Waals surface area contributed by atoms with E-state index >= 15 is 0 Å². The van der Waals surface area contributed by atoms with Gasteiger partial charge in [0.2, 0.25) is 0 Å². The molecular weight excluding hydrogens is 350 g/mol. The Balaban J connectivity index is 1.49. The van der Waals surface area contributed by atoms with Gasteiger partial charge in [-0.3, -0.25) is 0 Å². The van der Waals surface area contributed by atoms with Crippen molar-refractivity contribution in [3.8, 4) is 5.75 Å². The Morgan fingerprint density at radius 1 is 0.957 bits per heavy atom. The first-order chi connectivity index (χ1) is 11.2. The molecule has 2 aliphatic rings. The number of phenols is 1. The van der Waals surface area contributed by atoms with E-state index in [-0.39, 0.29) is 0 Å². The van der Waals surface area contributed by atoms with Crippen LogP contribution in [0.25, 0.3) is 0 Å². The predicted octanol–water partition coefficient (Wildman–Crippen LogP) is 4.44. The topological polar surface area (TPSA) is 32.3 Å². The van der Waals surface area contributed by atoms with Gasteiger partial charge >= 0.3 is 0 Å². The van der Waals surface area contributed by atoms with E-state index in [1.807, 2.05) is 12.1 Å². The molecule has 0 aliphatic heterocycles. The second-order valence-electron chi connectivity index (χ2n) is 6.99. The molecule has 120 valence electrons. The van der Waals surface area contributed by atoms with E-state index in [0.717, 1.165) is 29.8 Å². The Morgan fingerprint density at radius 2 is 1.65 bits per heavy atom. The maximum Gasteiger partial charge on any atom is 0.115 e. The average Bonchev–Trinajstić information content (AvgIpc) is 2.82. The lowest BCUT2D eigenvalue weighted by atomic mass is 9.93. The summed E-state index contributed by atoms with van der Waals surface area (Å²) >= 11 is 3.49. The van der Waals surface area contributed by atoms with Crippen LogP contribution in [-0.2, 0) is 19.4 Å². The van der Waals surface area contributed by atoms with Gasteiger partial charge in [-0.1, -0.05) is 34.1 Å². The van der Waals surface area contributed by atoms with Gasteiger partial charge in [0.1, 0.15) is 5.75 Å². The Labute approximate surface area is 146 Å². The van der Waals surface area contributed by atoms with E-state index in [2.05, 4.69) is 51.6 Å². The minimum absolute atomic E-state index is 0.404. The van der Waals surface area contributed by atoms with Crippen LogP contribution < -0.4 is 5.32 Å². The van der Waals surface area contributed by atoms with Crippen molar-refractivity contribution in [1.29, 1.82) is 0 Å². The van der Waals surface area contributed by atoms with Crippen molar-refractivity contribution in [3.05, 3.63) is 63.6 Å². The molecule has 3 unspecified atom stereocenters. The lowest BCUT2D eigenvalue weighted by molar-refractivity contribution is 0.340. The van der Waals surface area contributed by atoms with Gasteiger partial charge in [0.25, 0.3) is 0 Å². The Kier molecular flexibility index (Phi) is 4.16. The summed E-state index contributed by atoms with van der Waals surface area (Å²) in [5, 5.41) is 13.6. The summed E-state index contributed by atoms with van der Waals surface area (Å²) in [4.78, 5) is 0. The zero-order chi connectivity index (χ0) is 15.8. The smallest absolute Gasteiger partial charge is 0.115 e. The van der Waals surface area contributed by atoms with Gasteiger partial charge in [-0.2, -0.15) is 0 Å². The molecule has 2 N–H and O–H groups in total. The summed E-state index contributed by atoms with van der Waals surface area (Å²) in [5.41, 5.74) is 4.13. The van der Waals surface area contributed by atoms with Gasteiger partial charge in [0.15, 0.2) is 0 Å². The summed E-state index contributed by atoms with van der Waals surface area (Å²) in [6.45, 7) is 0.937. The number of phenolic OH excluding ortho intramolecular Hbond substituents is 1. The van der Waals surface area contributed by atoms with Crippen LogP contribution in [0.2, 0.25) is 0 Å².